The maximum atomic E-state index is 11.1. The summed E-state index contributed by atoms with van der Waals surface area (Å²) < 4.78 is 4.58. The molecule has 13 heavy (non-hydrogen) atoms. The molecule has 0 amide bonds. The van der Waals surface area contributed by atoms with Crippen LogP contribution in [0, 0.1) is 17.2 Å². The molecule has 0 aliphatic rings. The standard InChI is InChI=1S/C9H16N2O2/c1-7(5-10)6-11(3)8(2)9(12)13-4/h7-8H,6H2,1-4H3. The highest BCUT2D eigenvalue weighted by atomic mass is 16.5. The minimum atomic E-state index is -0.291. The fourth-order valence-corrected chi connectivity index (χ4v) is 0.981. The molecule has 4 heteroatoms. The van der Waals surface area contributed by atoms with Crippen LogP contribution in [-0.4, -0.2) is 37.6 Å². The summed E-state index contributed by atoms with van der Waals surface area (Å²) in [5.41, 5.74) is 0. The van der Waals surface area contributed by atoms with Crippen molar-refractivity contribution in [1.82, 2.24) is 4.90 Å². The Bertz CT molecular complexity index is 210. The van der Waals surface area contributed by atoms with Crippen LogP contribution in [0.2, 0.25) is 0 Å². The second kappa shape index (κ2) is 5.55. The summed E-state index contributed by atoms with van der Waals surface area (Å²) in [7, 11) is 3.16. The summed E-state index contributed by atoms with van der Waals surface area (Å²) in [6, 6.07) is 1.82. The Hall–Kier alpha value is -1.08. The average Bonchev–Trinajstić information content (AvgIpc) is 2.14. The Morgan fingerprint density at radius 3 is 2.54 bits per heavy atom. The topological polar surface area (TPSA) is 53.3 Å². The molecule has 2 unspecified atom stereocenters. The highest BCUT2D eigenvalue weighted by Crippen LogP contribution is 2.02. The van der Waals surface area contributed by atoms with Gasteiger partial charge in [-0.25, -0.2) is 0 Å². The Balaban J connectivity index is 4.04. The van der Waals surface area contributed by atoms with Gasteiger partial charge in [-0.1, -0.05) is 0 Å². The van der Waals surface area contributed by atoms with Crippen molar-refractivity contribution in [3.8, 4) is 6.07 Å². The molecular formula is C9H16N2O2. The van der Waals surface area contributed by atoms with Gasteiger partial charge in [0.15, 0.2) is 0 Å². The van der Waals surface area contributed by atoms with E-state index in [0.29, 0.717) is 6.54 Å². The molecule has 0 heterocycles. The second-order valence-electron chi connectivity index (χ2n) is 3.17. The second-order valence-corrected chi connectivity index (χ2v) is 3.17. The first kappa shape index (κ1) is 11.9. The van der Waals surface area contributed by atoms with E-state index in [-0.39, 0.29) is 17.9 Å². The predicted octanol–water partition coefficient (Wildman–Crippen LogP) is 0.639. The van der Waals surface area contributed by atoms with Gasteiger partial charge in [0.25, 0.3) is 0 Å². The largest absolute Gasteiger partial charge is 0.468 e. The van der Waals surface area contributed by atoms with Crippen LogP contribution in [0.5, 0.6) is 0 Å². The zero-order chi connectivity index (χ0) is 10.4. The Morgan fingerprint density at radius 1 is 1.62 bits per heavy atom. The number of methoxy groups -OCH3 is 1. The van der Waals surface area contributed by atoms with E-state index >= 15 is 0 Å². The van der Waals surface area contributed by atoms with Gasteiger partial charge in [-0.3, -0.25) is 9.69 Å². The first-order valence-electron chi connectivity index (χ1n) is 4.20. The number of hydrogen-bond acceptors (Lipinski definition) is 4. The molecule has 0 saturated carbocycles. The zero-order valence-electron chi connectivity index (χ0n) is 8.57. The van der Waals surface area contributed by atoms with Crippen molar-refractivity contribution < 1.29 is 9.53 Å². The van der Waals surface area contributed by atoms with Crippen LogP contribution in [0.15, 0.2) is 0 Å². The molecular weight excluding hydrogens is 168 g/mol. The van der Waals surface area contributed by atoms with E-state index in [1.165, 1.54) is 7.11 Å². The smallest absolute Gasteiger partial charge is 0.322 e. The maximum Gasteiger partial charge on any atom is 0.322 e. The summed E-state index contributed by atoms with van der Waals surface area (Å²) in [5.74, 6) is -0.343. The molecule has 0 fully saturated rings. The zero-order valence-corrected chi connectivity index (χ0v) is 8.57. The van der Waals surface area contributed by atoms with Crippen LogP contribution in [-0.2, 0) is 9.53 Å². The number of nitriles is 1. The highest BCUT2D eigenvalue weighted by Gasteiger charge is 2.19. The third-order valence-corrected chi connectivity index (χ3v) is 1.99. The number of carbonyl (C=O) groups excluding carboxylic acids is 1. The summed E-state index contributed by atoms with van der Waals surface area (Å²) in [5, 5.41) is 8.57. The van der Waals surface area contributed by atoms with E-state index in [0.717, 1.165) is 0 Å². The van der Waals surface area contributed by atoms with Gasteiger partial charge < -0.3 is 4.74 Å². The van der Waals surface area contributed by atoms with Gasteiger partial charge in [-0.15, -0.1) is 0 Å². The van der Waals surface area contributed by atoms with E-state index in [1.807, 2.05) is 6.92 Å². The number of ether oxygens (including phenoxy) is 1. The maximum absolute atomic E-state index is 11.1. The summed E-state index contributed by atoms with van der Waals surface area (Å²) in [6.45, 7) is 4.16. The molecule has 0 radical (unpaired) electrons. The molecule has 0 saturated heterocycles. The van der Waals surface area contributed by atoms with Crippen LogP contribution in [0.1, 0.15) is 13.8 Å². The quantitative estimate of drug-likeness (QED) is 0.602. The monoisotopic (exact) mass is 184 g/mol. The summed E-state index contributed by atoms with van der Waals surface area (Å²) in [4.78, 5) is 12.9. The van der Waals surface area contributed by atoms with E-state index < -0.39 is 0 Å². The molecule has 4 nitrogen and oxygen atoms in total. The average molecular weight is 184 g/mol. The third kappa shape index (κ3) is 3.90. The van der Waals surface area contributed by atoms with Gasteiger partial charge >= 0.3 is 5.97 Å². The van der Waals surface area contributed by atoms with E-state index in [9.17, 15) is 4.79 Å². The minimum Gasteiger partial charge on any atom is -0.468 e. The van der Waals surface area contributed by atoms with E-state index in [2.05, 4.69) is 10.8 Å². The molecule has 0 aromatic rings. The SMILES string of the molecule is COC(=O)C(C)N(C)CC(C)C#N. The first-order chi connectivity index (χ1) is 6.02. The molecule has 0 aromatic carbocycles. The van der Waals surface area contributed by atoms with Crippen molar-refractivity contribution in [2.75, 3.05) is 20.7 Å². The highest BCUT2D eigenvalue weighted by molar-refractivity contribution is 5.75. The fraction of sp³-hybridized carbons (Fsp3) is 0.778. The van der Waals surface area contributed by atoms with Crippen molar-refractivity contribution in [3.05, 3.63) is 0 Å². The Labute approximate surface area is 79.1 Å². The Kier molecular flexibility index (Phi) is 5.09. The normalized spacial score (nSPS) is 14.8. The van der Waals surface area contributed by atoms with E-state index in [1.54, 1.807) is 18.9 Å². The molecule has 74 valence electrons. The third-order valence-electron chi connectivity index (χ3n) is 1.99. The lowest BCUT2D eigenvalue weighted by Crippen LogP contribution is -2.39. The first-order valence-corrected chi connectivity index (χ1v) is 4.20. The minimum absolute atomic E-state index is 0.0721. The molecule has 2 atom stereocenters. The molecule has 0 aliphatic carbocycles. The number of likely N-dealkylation sites (N-methyl/N-ethyl adjacent to an activating group) is 1. The molecule has 0 spiro atoms. The van der Waals surface area contributed by atoms with E-state index in [4.69, 9.17) is 5.26 Å². The number of carbonyl (C=O) groups is 1. The molecule has 0 bridgehead atoms. The molecule has 0 aromatic heterocycles. The fourth-order valence-electron chi connectivity index (χ4n) is 0.981. The number of hydrogen-bond donors (Lipinski definition) is 0. The van der Waals surface area contributed by atoms with Crippen LogP contribution < -0.4 is 0 Å². The van der Waals surface area contributed by atoms with Gasteiger partial charge in [-0.05, 0) is 20.9 Å². The van der Waals surface area contributed by atoms with Gasteiger partial charge in [0.2, 0.25) is 0 Å². The number of esters is 1. The van der Waals surface area contributed by atoms with Crippen LogP contribution >= 0.6 is 0 Å². The number of rotatable bonds is 4. The predicted molar refractivity (Wildman–Crippen MR) is 48.9 cm³/mol. The molecule has 0 N–H and O–H groups in total. The summed E-state index contributed by atoms with van der Waals surface area (Å²) >= 11 is 0. The van der Waals surface area contributed by atoms with Crippen molar-refractivity contribution >= 4 is 5.97 Å². The van der Waals surface area contributed by atoms with Crippen molar-refractivity contribution in [2.45, 2.75) is 19.9 Å². The van der Waals surface area contributed by atoms with Gasteiger partial charge in [0.05, 0.1) is 19.1 Å². The van der Waals surface area contributed by atoms with Crippen LogP contribution in [0.3, 0.4) is 0 Å². The van der Waals surface area contributed by atoms with Gasteiger partial charge in [0, 0.05) is 6.54 Å². The molecule has 0 aliphatic heterocycles. The Morgan fingerprint density at radius 2 is 2.15 bits per heavy atom. The van der Waals surface area contributed by atoms with Crippen LogP contribution in [0.4, 0.5) is 0 Å². The lowest BCUT2D eigenvalue weighted by molar-refractivity contribution is -0.145. The lowest BCUT2D eigenvalue weighted by atomic mass is 10.2. The molecule has 0 rings (SSSR count). The van der Waals surface area contributed by atoms with Gasteiger partial charge in [-0.2, -0.15) is 5.26 Å². The number of nitrogens with zero attached hydrogens (tertiary/aromatic N) is 2. The van der Waals surface area contributed by atoms with Crippen molar-refractivity contribution in [1.29, 1.82) is 5.26 Å². The summed E-state index contributed by atoms with van der Waals surface area (Å²) in [6.07, 6.45) is 0. The van der Waals surface area contributed by atoms with Gasteiger partial charge in [0.1, 0.15) is 6.04 Å². The van der Waals surface area contributed by atoms with Crippen molar-refractivity contribution in [2.24, 2.45) is 5.92 Å². The van der Waals surface area contributed by atoms with Crippen LogP contribution in [0.25, 0.3) is 0 Å². The lowest BCUT2D eigenvalue weighted by Gasteiger charge is -2.23. The van der Waals surface area contributed by atoms with Crippen molar-refractivity contribution in [3.63, 3.8) is 0 Å².